The Hall–Kier alpha value is -1.26. The van der Waals surface area contributed by atoms with E-state index in [1.54, 1.807) is 48.5 Å². The molecule has 2 rings (SSSR count). The quantitative estimate of drug-likeness (QED) is 0.846. The Morgan fingerprint density at radius 3 is 2.12 bits per heavy atom. The van der Waals surface area contributed by atoms with Crippen molar-refractivity contribution in [2.45, 2.75) is 21.6 Å². The van der Waals surface area contributed by atoms with Crippen molar-refractivity contribution in [3.05, 3.63) is 54.1 Å². The average molecular weight is 264 g/mol. The molecule has 0 saturated heterocycles. The Balaban J connectivity index is 2.58. The van der Waals surface area contributed by atoms with E-state index in [1.807, 2.05) is 6.92 Å². The topological polar surface area (TPSA) is 34.1 Å². The Kier molecular flexibility index (Phi) is 3.26. The summed E-state index contributed by atoms with van der Waals surface area (Å²) < 4.78 is 24.6. The fourth-order valence-electron chi connectivity index (χ4n) is 1.53. The third kappa shape index (κ3) is 2.37. The molecule has 0 aromatic heterocycles. The molecule has 2 aromatic rings. The zero-order valence-electron chi connectivity index (χ0n) is 9.29. The molecule has 0 aliphatic carbocycles. The molecule has 0 amide bonds. The van der Waals surface area contributed by atoms with Crippen molar-refractivity contribution in [1.82, 2.24) is 0 Å². The lowest BCUT2D eigenvalue weighted by molar-refractivity contribution is 0.594. The third-order valence-electron chi connectivity index (χ3n) is 2.49. The molecule has 2 nitrogen and oxygen atoms in total. The maximum atomic E-state index is 12.3. The molecule has 0 aliphatic heterocycles. The SMILES string of the molecule is Cc1ccc(S(=O)(=O)c2ccccc2S)cc1. The van der Waals surface area contributed by atoms with Crippen LogP contribution in [0.4, 0.5) is 0 Å². The predicted octanol–water partition coefficient (Wildman–Crippen LogP) is 3.12. The fraction of sp³-hybridized carbons (Fsp3) is 0.0769. The lowest BCUT2D eigenvalue weighted by Crippen LogP contribution is -2.02. The summed E-state index contributed by atoms with van der Waals surface area (Å²) in [6, 6.07) is 13.5. The van der Waals surface area contributed by atoms with Crippen molar-refractivity contribution in [2.24, 2.45) is 0 Å². The van der Waals surface area contributed by atoms with Crippen LogP contribution in [0.25, 0.3) is 0 Å². The van der Waals surface area contributed by atoms with E-state index in [2.05, 4.69) is 12.6 Å². The second kappa shape index (κ2) is 4.55. The number of benzene rings is 2. The van der Waals surface area contributed by atoms with Gasteiger partial charge in [-0.25, -0.2) is 8.42 Å². The van der Waals surface area contributed by atoms with Crippen LogP contribution in [0.5, 0.6) is 0 Å². The van der Waals surface area contributed by atoms with Gasteiger partial charge < -0.3 is 0 Å². The van der Waals surface area contributed by atoms with Crippen molar-refractivity contribution in [2.75, 3.05) is 0 Å². The zero-order valence-corrected chi connectivity index (χ0v) is 11.0. The van der Waals surface area contributed by atoms with Crippen LogP contribution < -0.4 is 0 Å². The molecule has 0 radical (unpaired) electrons. The van der Waals surface area contributed by atoms with Crippen LogP contribution in [-0.2, 0) is 9.84 Å². The van der Waals surface area contributed by atoms with Crippen molar-refractivity contribution in [1.29, 1.82) is 0 Å². The normalized spacial score (nSPS) is 11.4. The van der Waals surface area contributed by atoms with Gasteiger partial charge in [-0.2, -0.15) is 0 Å². The molecule has 0 fully saturated rings. The van der Waals surface area contributed by atoms with Crippen LogP contribution in [0.1, 0.15) is 5.56 Å². The number of thiol groups is 1. The molecule has 0 saturated carbocycles. The largest absolute Gasteiger partial charge is 0.218 e. The number of aryl methyl sites for hydroxylation is 1. The first-order valence-electron chi connectivity index (χ1n) is 5.11. The lowest BCUT2D eigenvalue weighted by Gasteiger charge is -2.07. The minimum Gasteiger partial charge on any atom is -0.218 e. The zero-order chi connectivity index (χ0) is 12.5. The summed E-state index contributed by atoms with van der Waals surface area (Å²) in [5, 5.41) is 0. The molecule has 17 heavy (non-hydrogen) atoms. The maximum Gasteiger partial charge on any atom is 0.207 e. The molecular formula is C13H12O2S2. The maximum absolute atomic E-state index is 12.3. The van der Waals surface area contributed by atoms with Gasteiger partial charge in [-0.3, -0.25) is 0 Å². The molecule has 0 aliphatic rings. The summed E-state index contributed by atoms with van der Waals surface area (Å²) in [5.74, 6) is 0. The van der Waals surface area contributed by atoms with Gasteiger partial charge in [0.2, 0.25) is 9.84 Å². The molecule has 88 valence electrons. The van der Waals surface area contributed by atoms with Crippen LogP contribution >= 0.6 is 12.6 Å². The van der Waals surface area contributed by atoms with Gasteiger partial charge >= 0.3 is 0 Å². The van der Waals surface area contributed by atoms with E-state index >= 15 is 0 Å². The summed E-state index contributed by atoms with van der Waals surface area (Å²) >= 11 is 4.18. The van der Waals surface area contributed by atoms with Crippen LogP contribution in [0, 0.1) is 6.92 Å². The summed E-state index contributed by atoms with van der Waals surface area (Å²) in [7, 11) is -3.46. The second-order valence-corrected chi connectivity index (χ2v) is 6.18. The summed E-state index contributed by atoms with van der Waals surface area (Å²) in [5.41, 5.74) is 1.03. The highest BCUT2D eigenvalue weighted by molar-refractivity contribution is 7.92. The molecule has 0 atom stereocenters. The number of rotatable bonds is 2. The van der Waals surface area contributed by atoms with Gasteiger partial charge in [0.05, 0.1) is 9.79 Å². The minimum atomic E-state index is -3.46. The highest BCUT2D eigenvalue weighted by Crippen LogP contribution is 2.26. The summed E-state index contributed by atoms with van der Waals surface area (Å²) in [4.78, 5) is 1.00. The van der Waals surface area contributed by atoms with Gasteiger partial charge in [-0.1, -0.05) is 29.8 Å². The second-order valence-electron chi connectivity index (χ2n) is 3.78. The Morgan fingerprint density at radius 2 is 1.53 bits per heavy atom. The van der Waals surface area contributed by atoms with Crippen molar-refractivity contribution in [3.8, 4) is 0 Å². The summed E-state index contributed by atoms with van der Waals surface area (Å²) in [6.07, 6.45) is 0. The van der Waals surface area contributed by atoms with E-state index in [4.69, 9.17) is 0 Å². The molecule has 2 aromatic carbocycles. The van der Waals surface area contributed by atoms with E-state index in [1.165, 1.54) is 0 Å². The van der Waals surface area contributed by atoms with E-state index in [9.17, 15) is 8.42 Å². The van der Waals surface area contributed by atoms with Gasteiger partial charge in [0.1, 0.15) is 0 Å². The van der Waals surface area contributed by atoms with E-state index < -0.39 is 9.84 Å². The van der Waals surface area contributed by atoms with Crippen molar-refractivity contribution < 1.29 is 8.42 Å². The molecule has 0 unspecified atom stereocenters. The molecular weight excluding hydrogens is 252 g/mol. The molecule has 0 spiro atoms. The smallest absolute Gasteiger partial charge is 0.207 e. The van der Waals surface area contributed by atoms with Crippen LogP contribution in [-0.4, -0.2) is 8.42 Å². The number of hydrogen-bond donors (Lipinski definition) is 1. The van der Waals surface area contributed by atoms with Crippen LogP contribution in [0.15, 0.2) is 63.2 Å². The molecule has 0 N–H and O–H groups in total. The Morgan fingerprint density at radius 1 is 0.941 bits per heavy atom. The predicted molar refractivity (Wildman–Crippen MR) is 70.3 cm³/mol. The van der Waals surface area contributed by atoms with Gasteiger partial charge in [0, 0.05) is 4.90 Å². The van der Waals surface area contributed by atoms with E-state index in [-0.39, 0.29) is 4.90 Å². The lowest BCUT2D eigenvalue weighted by atomic mass is 10.2. The average Bonchev–Trinajstić information content (AvgIpc) is 2.30. The van der Waals surface area contributed by atoms with Gasteiger partial charge in [-0.05, 0) is 31.2 Å². The van der Waals surface area contributed by atoms with Crippen molar-refractivity contribution in [3.63, 3.8) is 0 Å². The van der Waals surface area contributed by atoms with E-state index in [0.717, 1.165) is 5.56 Å². The van der Waals surface area contributed by atoms with Crippen LogP contribution in [0.2, 0.25) is 0 Å². The first-order valence-corrected chi connectivity index (χ1v) is 7.04. The first kappa shape index (κ1) is 12.2. The monoisotopic (exact) mass is 264 g/mol. The fourth-order valence-corrected chi connectivity index (χ4v) is 3.40. The number of hydrogen-bond acceptors (Lipinski definition) is 3. The highest BCUT2D eigenvalue weighted by Gasteiger charge is 2.19. The van der Waals surface area contributed by atoms with Crippen LogP contribution in [0.3, 0.4) is 0 Å². The molecule has 4 heteroatoms. The van der Waals surface area contributed by atoms with Crippen molar-refractivity contribution >= 4 is 22.5 Å². The van der Waals surface area contributed by atoms with E-state index in [0.29, 0.717) is 9.79 Å². The first-order chi connectivity index (χ1) is 8.01. The molecule has 0 heterocycles. The highest BCUT2D eigenvalue weighted by atomic mass is 32.2. The van der Waals surface area contributed by atoms with Gasteiger partial charge in [0.25, 0.3) is 0 Å². The summed E-state index contributed by atoms with van der Waals surface area (Å²) in [6.45, 7) is 1.92. The third-order valence-corrected chi connectivity index (χ3v) is 4.86. The standard InChI is InChI=1S/C13H12O2S2/c1-10-6-8-11(9-7-10)17(14,15)13-5-3-2-4-12(13)16/h2-9,16H,1H3. The molecule has 0 bridgehead atoms. The van der Waals surface area contributed by atoms with Gasteiger partial charge in [0.15, 0.2) is 0 Å². The Bertz CT molecular complexity index is 629. The van der Waals surface area contributed by atoms with Gasteiger partial charge in [-0.15, -0.1) is 12.6 Å². The minimum absolute atomic E-state index is 0.243. The Labute approximate surface area is 107 Å². The number of sulfone groups is 1.